The fourth-order valence-electron chi connectivity index (χ4n) is 18.7. The summed E-state index contributed by atoms with van der Waals surface area (Å²) in [6.45, 7) is 13.2. The Bertz CT molecular complexity index is 6280. The number of carboxylic acids is 1. The Labute approximate surface area is 755 Å². The zero-order valence-corrected chi connectivity index (χ0v) is 75.3. The van der Waals surface area contributed by atoms with Crippen LogP contribution in [0.5, 0.6) is 0 Å². The third-order valence-corrected chi connectivity index (χ3v) is 25.0. The molecule has 15 aromatic rings. The molecule has 0 bridgehead atoms. The summed E-state index contributed by atoms with van der Waals surface area (Å²) in [5, 5.41) is 42.4. The van der Waals surface area contributed by atoms with Gasteiger partial charge in [-0.25, -0.2) is 4.79 Å². The standard InChI is InChI=1S/C53H50N2O.C27H18N2.C26H34O2.C8H9.BrH.Mg/c1-3-5-7-15-29-53(30-16-8-6-4-2)49-22-14-13-21-46(49)48-34-43(27-28-50(48)53)52(56)55-51-45(36-54)33-44(41-25-23-37-17-9-11-19-39(37)31-41)35-47(51)42-26-24-38-18-10-12-20-40(38)32-42;28-17-25-15-24(22-11-9-18-5-1-3-7-20(18)13-22)16-26(27(25)29)23-12-10-19-6-2-4-8-21(19)14-23;1-3-5-7-11-17-26(18-12-8-6-4-2)23-14-10-9-13-21(23)22-19-20(25(27)28)15-16-24(22)26;1-7-4-3-5-8(2)6-7;;/h9-14,17-28,31-35H,3-8,15-16,29-30H2,1-2H3,(H,55,56);1-16H,29H2;9-10,13-16,19H,3-8,11-12,17-18H2,1-2H3,(H,27,28);3-5H,1-2H3;1H;/q;;;-1;;+2/p-1. The number of nitrogens with zero attached hydrogens (tertiary/aromatic N) is 2. The minimum Gasteiger partial charge on any atom is -1.00 e. The summed E-state index contributed by atoms with van der Waals surface area (Å²) >= 11 is 0. The second-order valence-corrected chi connectivity index (χ2v) is 33.2. The number of carboxylic acid groups (broad SMARTS) is 1. The molecule has 0 saturated carbocycles. The van der Waals surface area contributed by atoms with Crippen molar-refractivity contribution >= 4 is 89.4 Å². The summed E-state index contributed by atoms with van der Waals surface area (Å²) in [5.74, 6) is -1.06. The molecule has 7 nitrogen and oxygen atoms in total. The molecule has 123 heavy (non-hydrogen) atoms. The molecule has 2 aliphatic carbocycles. The second kappa shape index (κ2) is 42.9. The molecule has 0 radical (unpaired) electrons. The maximum atomic E-state index is 14.5. The van der Waals surface area contributed by atoms with Crippen LogP contribution in [0.2, 0.25) is 0 Å². The van der Waals surface area contributed by atoms with Gasteiger partial charge in [-0.3, -0.25) is 4.79 Å². The van der Waals surface area contributed by atoms with Crippen LogP contribution in [0.1, 0.15) is 221 Å². The van der Waals surface area contributed by atoms with Gasteiger partial charge in [-0.2, -0.15) is 45.9 Å². The fourth-order valence-corrected chi connectivity index (χ4v) is 18.7. The largest absolute Gasteiger partial charge is 2.00 e. The third kappa shape index (κ3) is 20.7. The quantitative estimate of drug-likeness (QED) is 0.0203. The van der Waals surface area contributed by atoms with E-state index in [2.05, 4.69) is 251 Å². The van der Waals surface area contributed by atoms with Crippen LogP contribution in [0.3, 0.4) is 0 Å². The van der Waals surface area contributed by atoms with Gasteiger partial charge in [0.1, 0.15) is 12.1 Å². The van der Waals surface area contributed by atoms with Gasteiger partial charge in [0.05, 0.1) is 28.1 Å². The summed E-state index contributed by atoms with van der Waals surface area (Å²) in [7, 11) is 0. The van der Waals surface area contributed by atoms with Crippen molar-refractivity contribution in [3.05, 3.63) is 359 Å². The zero-order chi connectivity index (χ0) is 84.2. The number of nitriles is 2. The Kier molecular flexibility index (Phi) is 31.6. The van der Waals surface area contributed by atoms with Gasteiger partial charge in [0, 0.05) is 27.5 Å². The van der Waals surface area contributed by atoms with Gasteiger partial charge in [0.25, 0.3) is 5.91 Å². The monoisotopic (exact) mass is 1690 g/mol. The van der Waals surface area contributed by atoms with Gasteiger partial charge in [0.2, 0.25) is 0 Å². The Morgan fingerprint density at radius 3 is 1.07 bits per heavy atom. The van der Waals surface area contributed by atoms with Crippen LogP contribution in [0.25, 0.3) is 110 Å². The number of halogens is 1. The van der Waals surface area contributed by atoms with Gasteiger partial charge in [-0.05, 0) is 219 Å². The molecule has 15 aromatic carbocycles. The van der Waals surface area contributed by atoms with Crippen molar-refractivity contribution < 1.29 is 31.7 Å². The molecule has 0 spiro atoms. The third-order valence-electron chi connectivity index (χ3n) is 25.0. The number of fused-ring (bicyclic) bond motifs is 10. The van der Waals surface area contributed by atoms with E-state index in [1.54, 1.807) is 6.07 Å². The number of nitrogens with two attached hydrogens (primary N) is 1. The van der Waals surface area contributed by atoms with Crippen molar-refractivity contribution in [3.8, 4) is 78.9 Å². The van der Waals surface area contributed by atoms with Gasteiger partial charge in [-0.1, -0.05) is 351 Å². The van der Waals surface area contributed by atoms with Gasteiger partial charge in [-0.15, -0.1) is 0 Å². The molecule has 0 atom stereocenters. The number of carbonyl (C=O) groups excluding carboxylic acids is 1. The number of carbonyl (C=O) groups is 2. The first-order valence-electron chi connectivity index (χ1n) is 44.1. The van der Waals surface area contributed by atoms with Crippen LogP contribution >= 0.6 is 0 Å². The average Bonchev–Trinajstić information content (AvgIpc) is 1.57. The molecule has 0 unspecified atom stereocenters. The van der Waals surface area contributed by atoms with Crippen LogP contribution in [-0.2, 0) is 10.8 Å². The van der Waals surface area contributed by atoms with Gasteiger partial charge >= 0.3 is 29.0 Å². The van der Waals surface area contributed by atoms with Crippen molar-refractivity contribution in [2.75, 3.05) is 11.1 Å². The number of nitrogens with one attached hydrogen (secondary N) is 1. The number of aromatic carboxylic acids is 1. The van der Waals surface area contributed by atoms with Crippen molar-refractivity contribution in [2.45, 2.75) is 181 Å². The summed E-state index contributed by atoms with van der Waals surface area (Å²) in [6.07, 6.45) is 24.5. The number of hydrogen-bond acceptors (Lipinski definition) is 5. The maximum absolute atomic E-state index is 14.5. The number of unbranched alkanes of at least 4 members (excludes halogenated alkanes) is 12. The SMILES string of the molecule is CCCCCCC1(CCCCCC)c2ccccc2-c2cc(C(=O)Nc3c(C#N)cc(-c4ccc5ccccc5c4)cc3-c3ccc4ccccc4c3)ccc21.CCCCCCC1(CCCCCC)c2ccccc2-c2cc(C(=O)O)ccc21.Cc1[c-]c(C)ccc1.N#Cc1cc(-c2ccc3ccccc3c2)cc(-c2ccc3ccccc3c2)c1N.[Br-].[Mg+2]. The smallest absolute Gasteiger partial charge is 1.00 e. The Balaban J connectivity index is 0.000000173. The van der Waals surface area contributed by atoms with Gasteiger partial charge in [0.15, 0.2) is 0 Å². The number of amides is 1. The minimum atomic E-state index is -0.844. The molecule has 614 valence electrons. The number of hydrogen-bond donors (Lipinski definition) is 3. The Morgan fingerprint density at radius 1 is 0.341 bits per heavy atom. The first-order valence-corrected chi connectivity index (χ1v) is 44.1. The molecule has 4 N–H and O–H groups in total. The van der Waals surface area contributed by atoms with Crippen molar-refractivity contribution in [1.82, 2.24) is 0 Å². The number of nitrogen functional groups attached to an aromatic ring is 1. The summed E-state index contributed by atoms with van der Waals surface area (Å²) in [5.41, 5.74) is 29.8. The van der Waals surface area contributed by atoms with Crippen LogP contribution in [0.15, 0.2) is 297 Å². The van der Waals surface area contributed by atoms with Crippen LogP contribution in [-0.4, -0.2) is 40.0 Å². The van der Waals surface area contributed by atoms with E-state index in [1.165, 1.54) is 169 Å². The van der Waals surface area contributed by atoms with E-state index in [9.17, 15) is 25.2 Å². The summed E-state index contributed by atoms with van der Waals surface area (Å²) < 4.78 is 0. The molecule has 0 saturated heterocycles. The van der Waals surface area contributed by atoms with Crippen LogP contribution in [0, 0.1) is 42.6 Å². The molecule has 9 heteroatoms. The van der Waals surface area contributed by atoms with E-state index >= 15 is 0 Å². The van der Waals surface area contributed by atoms with E-state index < -0.39 is 5.97 Å². The first-order chi connectivity index (χ1) is 59.2. The Hall–Kier alpha value is -11.7. The number of aryl methyl sites for hydroxylation is 2. The predicted molar refractivity (Wildman–Crippen MR) is 514 cm³/mol. The van der Waals surface area contributed by atoms with Crippen molar-refractivity contribution in [3.63, 3.8) is 0 Å². The van der Waals surface area contributed by atoms with Crippen molar-refractivity contribution in [1.29, 1.82) is 10.5 Å². The number of anilines is 2. The molecule has 0 heterocycles. The molecule has 1 amide bonds. The average molecular weight is 1690 g/mol. The number of benzene rings is 15. The molecule has 0 fully saturated rings. The minimum absolute atomic E-state index is 0. The Morgan fingerprint density at radius 2 is 0.683 bits per heavy atom. The normalized spacial score (nSPS) is 12.1. The predicted octanol–water partition coefficient (Wildman–Crippen LogP) is 27.8. The molecule has 0 aliphatic heterocycles. The molecule has 0 aromatic heterocycles. The first kappa shape index (κ1) is 90.5. The van der Waals surface area contributed by atoms with Crippen molar-refractivity contribution in [2.24, 2.45) is 0 Å². The molecule has 17 rings (SSSR count). The summed E-state index contributed by atoms with van der Waals surface area (Å²) in [4.78, 5) is 26.1. The summed E-state index contributed by atoms with van der Waals surface area (Å²) in [6, 6.07) is 110. The zero-order valence-electron chi connectivity index (χ0n) is 72.3. The molecule has 2 aliphatic rings. The molecular weight excluding hydrogens is 1580 g/mol. The maximum Gasteiger partial charge on any atom is 2.00 e. The van der Waals surface area contributed by atoms with Crippen LogP contribution in [0.4, 0.5) is 11.4 Å². The topological polar surface area (TPSA) is 140 Å². The van der Waals surface area contributed by atoms with E-state index in [0.29, 0.717) is 33.6 Å². The number of rotatable bonds is 27. The molecular formula is C114H111BrMgN4O3. The van der Waals surface area contributed by atoms with E-state index in [0.717, 1.165) is 103 Å². The fraction of sp³-hybridized carbons (Fsp3) is 0.246. The van der Waals surface area contributed by atoms with E-state index in [1.807, 2.05) is 105 Å². The van der Waals surface area contributed by atoms with E-state index in [-0.39, 0.29) is 56.8 Å². The van der Waals surface area contributed by atoms with Gasteiger partial charge < -0.3 is 33.1 Å². The second-order valence-electron chi connectivity index (χ2n) is 33.2. The van der Waals surface area contributed by atoms with E-state index in [4.69, 9.17) is 5.73 Å². The van der Waals surface area contributed by atoms with Crippen LogP contribution < -0.4 is 28.0 Å².